The van der Waals surface area contributed by atoms with Crippen molar-refractivity contribution in [1.29, 1.82) is 0 Å². The van der Waals surface area contributed by atoms with Crippen LogP contribution in [0.2, 0.25) is 0 Å². The maximum absolute atomic E-state index is 2.46. The molecule has 0 aromatic heterocycles. The Hall–Kier alpha value is -1.30. The smallest absolute Gasteiger partial charge is 0.00152 e. The number of rotatable bonds is 1. The zero-order chi connectivity index (χ0) is 12.9. The first-order chi connectivity index (χ1) is 9.28. The summed E-state index contributed by atoms with van der Waals surface area (Å²) >= 11 is 0. The third kappa shape index (κ3) is 1.81. The first kappa shape index (κ1) is 11.5. The Morgan fingerprint density at radius 3 is 2.79 bits per heavy atom. The van der Waals surface area contributed by atoms with Gasteiger partial charge in [-0.3, -0.25) is 0 Å². The largest absolute Gasteiger partial charge is 0.0625 e. The highest BCUT2D eigenvalue weighted by Crippen LogP contribution is 2.62. The number of hydrogen-bond acceptors (Lipinski definition) is 0. The summed E-state index contributed by atoms with van der Waals surface area (Å²) < 4.78 is 0. The molecule has 0 bridgehead atoms. The summed E-state index contributed by atoms with van der Waals surface area (Å²) in [6, 6.07) is 16.0. The van der Waals surface area contributed by atoms with Crippen molar-refractivity contribution < 1.29 is 0 Å². The highest BCUT2D eigenvalue weighted by Gasteiger charge is 2.55. The lowest BCUT2D eigenvalue weighted by Gasteiger charge is -2.17. The lowest BCUT2D eigenvalue weighted by atomic mass is 9.87. The van der Waals surface area contributed by atoms with Gasteiger partial charge >= 0.3 is 0 Å². The van der Waals surface area contributed by atoms with Crippen LogP contribution in [0.3, 0.4) is 0 Å². The molecular formula is C19H22. The SMILES string of the molecule is CC1CCCC2(c3ccc4ccccc4c3)CC2C1. The van der Waals surface area contributed by atoms with Gasteiger partial charge < -0.3 is 0 Å². The number of fused-ring (bicyclic) bond motifs is 2. The minimum atomic E-state index is 0.550. The molecule has 0 radical (unpaired) electrons. The van der Waals surface area contributed by atoms with E-state index in [1.54, 1.807) is 5.56 Å². The van der Waals surface area contributed by atoms with Gasteiger partial charge in [0.1, 0.15) is 0 Å². The van der Waals surface area contributed by atoms with Crippen LogP contribution in [-0.2, 0) is 5.41 Å². The monoisotopic (exact) mass is 250 g/mol. The molecule has 0 aliphatic heterocycles. The van der Waals surface area contributed by atoms with E-state index in [1.807, 2.05) is 0 Å². The molecule has 2 aromatic carbocycles. The Morgan fingerprint density at radius 1 is 1.05 bits per heavy atom. The first-order valence-electron chi connectivity index (χ1n) is 7.77. The molecule has 2 fully saturated rings. The molecule has 0 nitrogen and oxygen atoms in total. The minimum absolute atomic E-state index is 0.550. The van der Waals surface area contributed by atoms with Crippen molar-refractivity contribution in [3.05, 3.63) is 48.0 Å². The van der Waals surface area contributed by atoms with Gasteiger partial charge in [-0.05, 0) is 52.8 Å². The van der Waals surface area contributed by atoms with Crippen LogP contribution in [0.25, 0.3) is 10.8 Å². The highest BCUT2D eigenvalue weighted by molar-refractivity contribution is 5.83. The van der Waals surface area contributed by atoms with E-state index in [4.69, 9.17) is 0 Å². The Balaban J connectivity index is 1.74. The molecule has 0 spiro atoms. The van der Waals surface area contributed by atoms with E-state index in [1.165, 1.54) is 42.9 Å². The van der Waals surface area contributed by atoms with Gasteiger partial charge in [-0.15, -0.1) is 0 Å². The molecule has 2 aromatic rings. The predicted octanol–water partition coefficient (Wildman–Crippen LogP) is 5.31. The van der Waals surface area contributed by atoms with Crippen LogP contribution in [0, 0.1) is 11.8 Å². The molecule has 98 valence electrons. The van der Waals surface area contributed by atoms with Gasteiger partial charge in [0.15, 0.2) is 0 Å². The molecular weight excluding hydrogens is 228 g/mol. The third-order valence-corrected chi connectivity index (χ3v) is 5.56. The summed E-state index contributed by atoms with van der Waals surface area (Å²) in [7, 11) is 0. The molecule has 2 aliphatic rings. The fourth-order valence-electron chi connectivity index (χ4n) is 4.36. The van der Waals surface area contributed by atoms with Gasteiger partial charge in [-0.2, -0.15) is 0 Å². The van der Waals surface area contributed by atoms with Crippen LogP contribution in [0.15, 0.2) is 42.5 Å². The predicted molar refractivity (Wildman–Crippen MR) is 81.4 cm³/mol. The van der Waals surface area contributed by atoms with Gasteiger partial charge in [-0.1, -0.05) is 62.2 Å². The van der Waals surface area contributed by atoms with E-state index in [0.29, 0.717) is 5.41 Å². The summed E-state index contributed by atoms with van der Waals surface area (Å²) in [4.78, 5) is 0. The first-order valence-corrected chi connectivity index (χ1v) is 7.77. The molecule has 0 amide bonds. The summed E-state index contributed by atoms with van der Waals surface area (Å²) in [6.07, 6.45) is 7.17. The molecule has 0 N–H and O–H groups in total. The van der Waals surface area contributed by atoms with Crippen molar-refractivity contribution in [2.24, 2.45) is 11.8 Å². The normalized spacial score (nSPS) is 33.7. The van der Waals surface area contributed by atoms with Crippen LogP contribution >= 0.6 is 0 Å². The van der Waals surface area contributed by atoms with Crippen LogP contribution in [0.1, 0.15) is 44.6 Å². The van der Waals surface area contributed by atoms with Crippen molar-refractivity contribution in [2.45, 2.75) is 44.4 Å². The zero-order valence-corrected chi connectivity index (χ0v) is 11.7. The molecule has 2 saturated carbocycles. The van der Waals surface area contributed by atoms with Gasteiger partial charge in [0.25, 0.3) is 0 Å². The maximum atomic E-state index is 2.46. The van der Waals surface area contributed by atoms with E-state index >= 15 is 0 Å². The van der Waals surface area contributed by atoms with Crippen LogP contribution in [0.5, 0.6) is 0 Å². The number of hydrogen-bond donors (Lipinski definition) is 0. The van der Waals surface area contributed by atoms with Crippen LogP contribution < -0.4 is 0 Å². The van der Waals surface area contributed by atoms with Gasteiger partial charge in [0, 0.05) is 0 Å². The molecule has 0 saturated heterocycles. The Labute approximate surface area is 115 Å². The summed E-state index contributed by atoms with van der Waals surface area (Å²) in [5.74, 6) is 1.90. The van der Waals surface area contributed by atoms with Gasteiger partial charge in [0.05, 0.1) is 0 Å². The molecule has 19 heavy (non-hydrogen) atoms. The average Bonchev–Trinajstić information content (AvgIpc) is 3.13. The van der Waals surface area contributed by atoms with E-state index in [-0.39, 0.29) is 0 Å². The van der Waals surface area contributed by atoms with Crippen molar-refractivity contribution in [3.63, 3.8) is 0 Å². The zero-order valence-electron chi connectivity index (χ0n) is 11.7. The number of benzene rings is 2. The molecule has 0 heterocycles. The highest BCUT2D eigenvalue weighted by atomic mass is 14.6. The summed E-state index contributed by atoms with van der Waals surface area (Å²) in [6.45, 7) is 2.44. The fraction of sp³-hybridized carbons (Fsp3) is 0.474. The quantitative estimate of drug-likeness (QED) is 0.643. The van der Waals surface area contributed by atoms with Crippen molar-refractivity contribution >= 4 is 10.8 Å². The lowest BCUT2D eigenvalue weighted by Crippen LogP contribution is -2.08. The van der Waals surface area contributed by atoms with E-state index in [9.17, 15) is 0 Å². The van der Waals surface area contributed by atoms with Crippen molar-refractivity contribution in [1.82, 2.24) is 0 Å². The van der Waals surface area contributed by atoms with Gasteiger partial charge in [-0.25, -0.2) is 0 Å². The topological polar surface area (TPSA) is 0 Å². The van der Waals surface area contributed by atoms with Crippen LogP contribution in [0.4, 0.5) is 0 Å². The second kappa shape index (κ2) is 4.10. The summed E-state index contributed by atoms with van der Waals surface area (Å²) in [5, 5.41) is 2.79. The standard InChI is InChI=1S/C19H22/c1-14-5-4-10-19(13-18(19)11-14)17-9-8-15-6-2-3-7-16(15)12-17/h2-3,6-9,12,14,18H,4-5,10-11,13H2,1H3. The van der Waals surface area contributed by atoms with Crippen molar-refractivity contribution in [3.8, 4) is 0 Å². The molecule has 3 atom stereocenters. The second-order valence-corrected chi connectivity index (χ2v) is 6.85. The minimum Gasteiger partial charge on any atom is -0.0625 e. The molecule has 3 unspecified atom stereocenters. The summed E-state index contributed by atoms with van der Waals surface area (Å²) in [5.41, 5.74) is 2.17. The van der Waals surface area contributed by atoms with Crippen molar-refractivity contribution in [2.75, 3.05) is 0 Å². The second-order valence-electron chi connectivity index (χ2n) is 6.85. The van der Waals surface area contributed by atoms with E-state index < -0.39 is 0 Å². The molecule has 4 rings (SSSR count). The van der Waals surface area contributed by atoms with Crippen LogP contribution in [-0.4, -0.2) is 0 Å². The Bertz CT molecular complexity index is 612. The maximum Gasteiger partial charge on any atom is -0.00152 e. The van der Waals surface area contributed by atoms with E-state index in [0.717, 1.165) is 11.8 Å². The third-order valence-electron chi connectivity index (χ3n) is 5.56. The van der Waals surface area contributed by atoms with Gasteiger partial charge in [0.2, 0.25) is 0 Å². The molecule has 0 heteroatoms. The Kier molecular flexibility index (Phi) is 2.48. The molecule has 2 aliphatic carbocycles. The lowest BCUT2D eigenvalue weighted by molar-refractivity contribution is 0.474. The Morgan fingerprint density at radius 2 is 1.89 bits per heavy atom. The van der Waals surface area contributed by atoms with E-state index in [2.05, 4.69) is 49.4 Å². The average molecular weight is 250 g/mol. The fourth-order valence-corrected chi connectivity index (χ4v) is 4.36.